The van der Waals surface area contributed by atoms with E-state index in [1.807, 2.05) is 51.1 Å². The van der Waals surface area contributed by atoms with E-state index in [-0.39, 0.29) is 12.6 Å². The van der Waals surface area contributed by atoms with Crippen molar-refractivity contribution in [1.82, 2.24) is 10.6 Å². The van der Waals surface area contributed by atoms with Crippen molar-refractivity contribution in [1.29, 1.82) is 0 Å². The molecule has 1 aliphatic heterocycles. The largest absolute Gasteiger partial charge is 0.486 e. The highest BCUT2D eigenvalue weighted by Crippen LogP contribution is 2.30. The van der Waals surface area contributed by atoms with Crippen LogP contribution in [0.25, 0.3) is 0 Å². The van der Waals surface area contributed by atoms with Gasteiger partial charge in [-0.25, -0.2) is 4.99 Å². The van der Waals surface area contributed by atoms with Gasteiger partial charge in [0, 0.05) is 12.1 Å². The number of para-hydroxylation sites is 2. The van der Waals surface area contributed by atoms with E-state index in [4.69, 9.17) is 13.9 Å². The highest BCUT2D eigenvalue weighted by Gasteiger charge is 2.28. The zero-order chi connectivity index (χ0) is 20.1. The quantitative estimate of drug-likeness (QED) is 0.521. The summed E-state index contributed by atoms with van der Waals surface area (Å²) in [4.78, 5) is 4.55. The molecule has 0 saturated carbocycles. The lowest BCUT2D eigenvalue weighted by Gasteiger charge is -2.27. The van der Waals surface area contributed by atoms with Crippen LogP contribution in [-0.2, 0) is 5.60 Å². The summed E-state index contributed by atoms with van der Waals surface area (Å²) in [6, 6.07) is 9.49. The predicted octanol–water partition coefficient (Wildman–Crippen LogP) is 2.50. The van der Waals surface area contributed by atoms with E-state index in [0.717, 1.165) is 22.8 Å². The fourth-order valence-electron chi connectivity index (χ4n) is 3.20. The number of rotatable bonds is 6. The first kappa shape index (κ1) is 20.1. The Kier molecular flexibility index (Phi) is 6.14. The van der Waals surface area contributed by atoms with Gasteiger partial charge in [0.05, 0.1) is 13.1 Å². The van der Waals surface area contributed by atoms with Gasteiger partial charge in [-0.2, -0.15) is 0 Å². The Labute approximate surface area is 165 Å². The van der Waals surface area contributed by atoms with Crippen LogP contribution in [0.15, 0.2) is 39.7 Å². The summed E-state index contributed by atoms with van der Waals surface area (Å²) in [5.74, 6) is 3.61. The van der Waals surface area contributed by atoms with Gasteiger partial charge in [0.25, 0.3) is 0 Å². The molecule has 2 heterocycles. The summed E-state index contributed by atoms with van der Waals surface area (Å²) >= 11 is 0. The second-order valence-corrected chi connectivity index (χ2v) is 7.17. The molecule has 3 N–H and O–H groups in total. The van der Waals surface area contributed by atoms with Crippen LogP contribution in [0.4, 0.5) is 0 Å². The number of nitrogens with one attached hydrogen (secondary N) is 2. The fraction of sp³-hybridized carbons (Fsp3) is 0.476. The maximum absolute atomic E-state index is 10.9. The van der Waals surface area contributed by atoms with Crippen LogP contribution >= 0.6 is 0 Å². The second kappa shape index (κ2) is 8.56. The summed E-state index contributed by atoms with van der Waals surface area (Å²) in [6.45, 7) is 9.37. The summed E-state index contributed by atoms with van der Waals surface area (Å²) in [7, 11) is 0. The number of aryl methyl sites for hydroxylation is 2. The van der Waals surface area contributed by atoms with Gasteiger partial charge in [-0.15, -0.1) is 0 Å². The van der Waals surface area contributed by atoms with E-state index >= 15 is 0 Å². The van der Waals surface area contributed by atoms with Gasteiger partial charge in [-0.05, 0) is 45.9 Å². The molecule has 7 heteroatoms. The Hall–Kier alpha value is -2.67. The van der Waals surface area contributed by atoms with Crippen LogP contribution in [0.2, 0.25) is 0 Å². The van der Waals surface area contributed by atoms with Crippen LogP contribution in [0, 0.1) is 13.8 Å². The van der Waals surface area contributed by atoms with E-state index < -0.39 is 5.60 Å². The van der Waals surface area contributed by atoms with Crippen LogP contribution in [-0.4, -0.2) is 43.4 Å². The third-order valence-electron chi connectivity index (χ3n) is 4.58. The summed E-state index contributed by atoms with van der Waals surface area (Å²) in [5, 5.41) is 17.3. The molecule has 1 aliphatic rings. The van der Waals surface area contributed by atoms with Crippen molar-refractivity contribution in [3.05, 3.63) is 47.4 Å². The molecule has 0 spiro atoms. The zero-order valence-corrected chi connectivity index (χ0v) is 16.9. The first-order valence-corrected chi connectivity index (χ1v) is 9.59. The third-order valence-corrected chi connectivity index (χ3v) is 4.58. The fourth-order valence-corrected chi connectivity index (χ4v) is 3.20. The van der Waals surface area contributed by atoms with Gasteiger partial charge in [0.2, 0.25) is 0 Å². The van der Waals surface area contributed by atoms with Crippen molar-refractivity contribution >= 4 is 5.96 Å². The molecule has 152 valence electrons. The number of ether oxygens (including phenoxy) is 2. The number of benzene rings is 1. The topological polar surface area (TPSA) is 88.3 Å². The monoisotopic (exact) mass is 387 g/mol. The molecule has 1 aromatic heterocycles. The van der Waals surface area contributed by atoms with E-state index in [1.54, 1.807) is 6.92 Å². The molecule has 2 unspecified atom stereocenters. The average Bonchev–Trinajstić information content (AvgIpc) is 3.03. The Balaban J connectivity index is 1.61. The summed E-state index contributed by atoms with van der Waals surface area (Å²) in [5.41, 5.74) is -0.363. The molecule has 1 aromatic carbocycles. The van der Waals surface area contributed by atoms with Crippen molar-refractivity contribution in [2.45, 2.75) is 39.4 Å². The van der Waals surface area contributed by atoms with Crippen LogP contribution < -0.4 is 20.1 Å². The lowest BCUT2D eigenvalue weighted by molar-refractivity contribution is 0.0656. The second-order valence-electron chi connectivity index (χ2n) is 7.17. The van der Waals surface area contributed by atoms with Gasteiger partial charge in [0.1, 0.15) is 29.8 Å². The molecule has 0 saturated heterocycles. The van der Waals surface area contributed by atoms with E-state index in [0.29, 0.717) is 31.4 Å². The number of aliphatic imine (C=N–C) groups is 1. The Morgan fingerprint density at radius 2 is 2.00 bits per heavy atom. The minimum absolute atomic E-state index is 0.127. The lowest BCUT2D eigenvalue weighted by Crippen LogP contribution is -2.46. The first-order valence-electron chi connectivity index (χ1n) is 9.59. The van der Waals surface area contributed by atoms with Gasteiger partial charge < -0.3 is 29.6 Å². The maximum atomic E-state index is 10.9. The number of fused-ring (bicyclic) bond motifs is 1. The Morgan fingerprint density at radius 1 is 1.25 bits per heavy atom. The number of furan rings is 1. The molecular formula is C21H29N3O4. The van der Waals surface area contributed by atoms with Gasteiger partial charge in [-0.3, -0.25) is 0 Å². The van der Waals surface area contributed by atoms with E-state index in [1.165, 1.54) is 0 Å². The minimum Gasteiger partial charge on any atom is -0.486 e. The maximum Gasteiger partial charge on any atom is 0.191 e. The highest BCUT2D eigenvalue weighted by molar-refractivity contribution is 5.79. The molecule has 0 aliphatic carbocycles. The average molecular weight is 387 g/mol. The molecule has 2 atom stereocenters. The van der Waals surface area contributed by atoms with E-state index in [9.17, 15) is 5.11 Å². The molecule has 0 radical (unpaired) electrons. The molecule has 28 heavy (non-hydrogen) atoms. The zero-order valence-electron chi connectivity index (χ0n) is 16.9. The molecule has 0 fully saturated rings. The Bertz CT molecular complexity index is 829. The smallest absolute Gasteiger partial charge is 0.191 e. The summed E-state index contributed by atoms with van der Waals surface area (Å²) in [6.07, 6.45) is -0.127. The normalized spacial score (nSPS) is 18.5. The standard InChI is InChI=1S/C21H29N3O4/c1-5-22-20(24-13-21(4,25)17-10-14(2)27-15(17)3)23-11-16-12-26-18-8-6-7-9-19(18)28-16/h6-10,16,25H,5,11-13H2,1-4H3,(H2,22,23,24). The Morgan fingerprint density at radius 3 is 2.68 bits per heavy atom. The van der Waals surface area contributed by atoms with Crippen LogP contribution in [0.3, 0.4) is 0 Å². The van der Waals surface area contributed by atoms with Crippen molar-refractivity contribution in [2.75, 3.05) is 26.2 Å². The number of hydrogen-bond donors (Lipinski definition) is 3. The van der Waals surface area contributed by atoms with Crippen molar-refractivity contribution < 1.29 is 19.0 Å². The van der Waals surface area contributed by atoms with E-state index in [2.05, 4.69) is 15.6 Å². The number of aliphatic hydroxyl groups is 1. The van der Waals surface area contributed by atoms with Gasteiger partial charge in [-0.1, -0.05) is 12.1 Å². The molecule has 0 amide bonds. The molecule has 0 bridgehead atoms. The van der Waals surface area contributed by atoms with Crippen LogP contribution in [0.5, 0.6) is 11.5 Å². The predicted molar refractivity (Wildman–Crippen MR) is 108 cm³/mol. The lowest BCUT2D eigenvalue weighted by atomic mass is 9.96. The first-order chi connectivity index (χ1) is 13.4. The van der Waals surface area contributed by atoms with Crippen molar-refractivity contribution in [2.24, 2.45) is 4.99 Å². The number of nitrogens with zero attached hydrogens (tertiary/aromatic N) is 1. The minimum atomic E-state index is -1.12. The molecule has 3 rings (SSSR count). The van der Waals surface area contributed by atoms with Crippen molar-refractivity contribution in [3.63, 3.8) is 0 Å². The third kappa shape index (κ3) is 4.78. The number of hydrogen-bond acceptors (Lipinski definition) is 5. The molecule has 7 nitrogen and oxygen atoms in total. The van der Waals surface area contributed by atoms with Gasteiger partial charge >= 0.3 is 0 Å². The molecule has 2 aromatic rings. The molecular weight excluding hydrogens is 358 g/mol. The number of guanidine groups is 1. The summed E-state index contributed by atoms with van der Waals surface area (Å²) < 4.78 is 17.2. The SMILES string of the molecule is CCNC(=NCC(C)(O)c1cc(C)oc1C)NCC1COc2ccccc2O1. The van der Waals surface area contributed by atoms with Crippen molar-refractivity contribution in [3.8, 4) is 11.5 Å². The van der Waals surface area contributed by atoms with Crippen LogP contribution in [0.1, 0.15) is 30.9 Å². The highest BCUT2D eigenvalue weighted by atomic mass is 16.6. The van der Waals surface area contributed by atoms with Gasteiger partial charge in [0.15, 0.2) is 17.5 Å².